The third-order valence-corrected chi connectivity index (χ3v) is 3.21. The Morgan fingerprint density at radius 3 is 2.71 bits per heavy atom. The summed E-state index contributed by atoms with van der Waals surface area (Å²) in [5, 5.41) is 7.91. The normalized spacial score (nSPS) is 10.3. The number of hydrogen-bond donors (Lipinski definition) is 1. The summed E-state index contributed by atoms with van der Waals surface area (Å²) >= 11 is 0. The minimum atomic E-state index is 0.674. The van der Waals surface area contributed by atoms with Crippen molar-refractivity contribution in [1.82, 2.24) is 9.78 Å². The molecule has 0 amide bonds. The van der Waals surface area contributed by atoms with Crippen LogP contribution in [0.3, 0.4) is 0 Å². The predicted molar refractivity (Wildman–Crippen MR) is 83.9 cm³/mol. The lowest BCUT2D eigenvalue weighted by atomic mass is 10.3. The van der Waals surface area contributed by atoms with E-state index in [0.717, 1.165) is 22.8 Å². The van der Waals surface area contributed by atoms with E-state index in [1.165, 1.54) is 0 Å². The van der Waals surface area contributed by atoms with Gasteiger partial charge in [-0.25, -0.2) is 4.68 Å². The Balaban J connectivity index is 1.67. The topological polar surface area (TPSA) is 39.1 Å². The first-order chi connectivity index (χ1) is 10.3. The van der Waals surface area contributed by atoms with Crippen LogP contribution in [-0.4, -0.2) is 16.9 Å². The van der Waals surface area contributed by atoms with E-state index in [4.69, 9.17) is 4.74 Å². The Morgan fingerprint density at radius 1 is 1.05 bits per heavy atom. The number of hydrogen-bond acceptors (Lipinski definition) is 3. The van der Waals surface area contributed by atoms with Crippen LogP contribution in [0.15, 0.2) is 66.9 Å². The van der Waals surface area contributed by atoms with Crippen molar-refractivity contribution in [2.45, 2.75) is 6.54 Å². The van der Waals surface area contributed by atoms with Crippen LogP contribution in [0.1, 0.15) is 5.69 Å². The minimum absolute atomic E-state index is 0.674. The molecule has 0 aliphatic rings. The second-order valence-corrected chi connectivity index (χ2v) is 4.67. The van der Waals surface area contributed by atoms with Gasteiger partial charge in [-0.05, 0) is 30.3 Å². The van der Waals surface area contributed by atoms with E-state index >= 15 is 0 Å². The number of methoxy groups -OCH3 is 1. The minimum Gasteiger partial charge on any atom is -0.497 e. The first-order valence-electron chi connectivity index (χ1n) is 6.83. The average Bonchev–Trinajstić information content (AvgIpc) is 3.03. The van der Waals surface area contributed by atoms with Crippen molar-refractivity contribution in [1.29, 1.82) is 0 Å². The number of ether oxygens (including phenoxy) is 1. The van der Waals surface area contributed by atoms with Crippen molar-refractivity contribution in [3.05, 3.63) is 72.6 Å². The largest absolute Gasteiger partial charge is 0.497 e. The molecule has 4 nitrogen and oxygen atoms in total. The van der Waals surface area contributed by atoms with Crippen LogP contribution in [0.2, 0.25) is 0 Å². The molecule has 106 valence electrons. The van der Waals surface area contributed by atoms with E-state index in [2.05, 4.69) is 10.4 Å². The van der Waals surface area contributed by atoms with E-state index in [9.17, 15) is 0 Å². The lowest BCUT2D eigenvalue weighted by Gasteiger charge is -2.06. The molecule has 1 aromatic heterocycles. The van der Waals surface area contributed by atoms with Crippen LogP contribution in [0.5, 0.6) is 5.75 Å². The lowest BCUT2D eigenvalue weighted by molar-refractivity contribution is 0.415. The molecule has 0 spiro atoms. The fraction of sp³-hybridized carbons (Fsp3) is 0.118. The second kappa shape index (κ2) is 6.13. The highest BCUT2D eigenvalue weighted by Crippen LogP contribution is 2.17. The van der Waals surface area contributed by atoms with Crippen molar-refractivity contribution >= 4 is 5.69 Å². The van der Waals surface area contributed by atoms with Crippen LogP contribution >= 0.6 is 0 Å². The molecule has 1 N–H and O–H groups in total. The molecule has 3 aromatic rings. The number of benzene rings is 2. The highest BCUT2D eigenvalue weighted by molar-refractivity contribution is 5.48. The molecular formula is C17H17N3O. The molecular weight excluding hydrogens is 262 g/mol. The molecule has 0 aliphatic heterocycles. The fourth-order valence-electron chi connectivity index (χ4n) is 2.11. The molecule has 21 heavy (non-hydrogen) atoms. The highest BCUT2D eigenvalue weighted by atomic mass is 16.5. The van der Waals surface area contributed by atoms with Crippen molar-refractivity contribution in [2.24, 2.45) is 0 Å². The van der Waals surface area contributed by atoms with Gasteiger partial charge in [0, 0.05) is 18.0 Å². The maximum absolute atomic E-state index is 5.21. The van der Waals surface area contributed by atoms with Crippen molar-refractivity contribution in [3.8, 4) is 11.4 Å². The maximum atomic E-state index is 5.21. The summed E-state index contributed by atoms with van der Waals surface area (Å²) < 4.78 is 7.09. The highest BCUT2D eigenvalue weighted by Gasteiger charge is 2.01. The van der Waals surface area contributed by atoms with Gasteiger partial charge in [0.2, 0.25) is 0 Å². The monoisotopic (exact) mass is 279 g/mol. The van der Waals surface area contributed by atoms with Gasteiger partial charge in [0.05, 0.1) is 25.0 Å². The molecule has 0 atom stereocenters. The third kappa shape index (κ3) is 3.23. The first kappa shape index (κ1) is 13.2. The molecule has 4 heteroatoms. The number of nitrogens with one attached hydrogen (secondary N) is 1. The molecule has 0 saturated carbocycles. The number of nitrogens with zero attached hydrogens (tertiary/aromatic N) is 2. The van der Waals surface area contributed by atoms with Gasteiger partial charge in [-0.1, -0.05) is 24.3 Å². The van der Waals surface area contributed by atoms with E-state index in [1.54, 1.807) is 7.11 Å². The molecule has 2 aromatic carbocycles. The molecule has 0 bridgehead atoms. The van der Waals surface area contributed by atoms with Crippen LogP contribution in [0.4, 0.5) is 5.69 Å². The second-order valence-electron chi connectivity index (χ2n) is 4.67. The summed E-state index contributed by atoms with van der Waals surface area (Å²) in [6, 6.07) is 20.0. The third-order valence-electron chi connectivity index (χ3n) is 3.21. The van der Waals surface area contributed by atoms with E-state index in [0.29, 0.717) is 6.54 Å². The maximum Gasteiger partial charge on any atom is 0.120 e. The Kier molecular flexibility index (Phi) is 3.87. The zero-order valence-corrected chi connectivity index (χ0v) is 11.9. The van der Waals surface area contributed by atoms with Gasteiger partial charge < -0.3 is 10.1 Å². The summed E-state index contributed by atoms with van der Waals surface area (Å²) in [7, 11) is 1.67. The molecule has 0 aliphatic carbocycles. The first-order valence-corrected chi connectivity index (χ1v) is 6.83. The van der Waals surface area contributed by atoms with Crippen LogP contribution in [0.25, 0.3) is 5.69 Å². The average molecular weight is 279 g/mol. The summed E-state index contributed by atoms with van der Waals surface area (Å²) in [4.78, 5) is 0. The molecule has 0 saturated heterocycles. The Labute approximate surface area is 124 Å². The van der Waals surface area contributed by atoms with Gasteiger partial charge >= 0.3 is 0 Å². The standard InChI is InChI=1S/C17H17N3O/c1-21-17-9-5-6-14(12-17)18-13-15-10-11-20(19-15)16-7-3-2-4-8-16/h2-12,18H,13H2,1H3. The summed E-state index contributed by atoms with van der Waals surface area (Å²) in [5.41, 5.74) is 3.07. The van der Waals surface area contributed by atoms with Gasteiger partial charge in [-0.2, -0.15) is 5.10 Å². The van der Waals surface area contributed by atoms with Gasteiger partial charge in [-0.3, -0.25) is 0 Å². The Bertz CT molecular complexity index is 707. The smallest absolute Gasteiger partial charge is 0.120 e. The zero-order valence-electron chi connectivity index (χ0n) is 11.9. The molecule has 1 heterocycles. The fourth-order valence-corrected chi connectivity index (χ4v) is 2.11. The van der Waals surface area contributed by atoms with Gasteiger partial charge in [0.25, 0.3) is 0 Å². The van der Waals surface area contributed by atoms with Gasteiger partial charge in [0.15, 0.2) is 0 Å². The number of anilines is 1. The van der Waals surface area contributed by atoms with Crippen molar-refractivity contribution < 1.29 is 4.74 Å². The molecule has 0 unspecified atom stereocenters. The Morgan fingerprint density at radius 2 is 1.90 bits per heavy atom. The summed E-state index contributed by atoms with van der Waals surface area (Å²) in [6.07, 6.45) is 1.97. The van der Waals surface area contributed by atoms with E-state index in [-0.39, 0.29) is 0 Å². The predicted octanol–water partition coefficient (Wildman–Crippen LogP) is 3.49. The molecule has 0 fully saturated rings. The SMILES string of the molecule is COc1cccc(NCc2ccn(-c3ccccc3)n2)c1. The molecule has 3 rings (SSSR count). The quantitative estimate of drug-likeness (QED) is 0.777. The summed E-state index contributed by atoms with van der Waals surface area (Å²) in [6.45, 7) is 0.674. The Hall–Kier alpha value is -2.75. The van der Waals surface area contributed by atoms with Crippen molar-refractivity contribution in [3.63, 3.8) is 0 Å². The zero-order chi connectivity index (χ0) is 14.5. The van der Waals surface area contributed by atoms with Gasteiger partial charge in [-0.15, -0.1) is 0 Å². The van der Waals surface area contributed by atoms with Crippen LogP contribution < -0.4 is 10.1 Å². The van der Waals surface area contributed by atoms with Crippen LogP contribution in [-0.2, 0) is 6.54 Å². The number of aromatic nitrogens is 2. The van der Waals surface area contributed by atoms with Crippen LogP contribution in [0, 0.1) is 0 Å². The van der Waals surface area contributed by atoms with Crippen molar-refractivity contribution in [2.75, 3.05) is 12.4 Å². The number of rotatable bonds is 5. The summed E-state index contributed by atoms with van der Waals surface area (Å²) in [5.74, 6) is 0.842. The number of para-hydroxylation sites is 1. The molecule has 0 radical (unpaired) electrons. The van der Waals surface area contributed by atoms with E-state index < -0.39 is 0 Å². The van der Waals surface area contributed by atoms with Gasteiger partial charge in [0.1, 0.15) is 5.75 Å². The lowest BCUT2D eigenvalue weighted by Crippen LogP contribution is -2.02. The van der Waals surface area contributed by atoms with E-state index in [1.807, 2.05) is 71.5 Å².